The average molecular weight is 281 g/mol. The van der Waals surface area contributed by atoms with E-state index in [0.717, 1.165) is 17.8 Å². The molecule has 2 atom stereocenters. The van der Waals surface area contributed by atoms with Crippen molar-refractivity contribution >= 4 is 24.0 Å². The van der Waals surface area contributed by atoms with E-state index >= 15 is 0 Å². The van der Waals surface area contributed by atoms with E-state index in [1.54, 1.807) is 0 Å². The molecule has 2 saturated carbocycles. The first-order valence-corrected chi connectivity index (χ1v) is 6.84. The number of carbonyl (C=O) groups excluding carboxylic acids is 1. The van der Waals surface area contributed by atoms with Crippen LogP contribution in [0.25, 0.3) is 0 Å². The lowest BCUT2D eigenvalue weighted by molar-refractivity contribution is -0.118. The van der Waals surface area contributed by atoms with Crippen molar-refractivity contribution in [2.45, 2.75) is 25.8 Å². The normalized spacial score (nSPS) is 27.3. The second-order valence-electron chi connectivity index (χ2n) is 5.46. The number of rotatable bonds is 4. The first-order chi connectivity index (χ1) is 8.81. The number of amides is 1. The van der Waals surface area contributed by atoms with E-state index in [0.29, 0.717) is 17.8 Å². The van der Waals surface area contributed by atoms with E-state index in [4.69, 9.17) is 0 Å². The third kappa shape index (κ3) is 2.77. The first-order valence-electron chi connectivity index (χ1n) is 6.84. The Morgan fingerprint density at radius 3 is 2.63 bits per heavy atom. The lowest BCUT2D eigenvalue weighted by atomic mass is 10.1. The van der Waals surface area contributed by atoms with Gasteiger partial charge in [0.1, 0.15) is 0 Å². The molecule has 2 aliphatic carbocycles. The molecule has 2 unspecified atom stereocenters. The van der Waals surface area contributed by atoms with Crippen molar-refractivity contribution in [1.82, 2.24) is 5.32 Å². The van der Waals surface area contributed by atoms with Crippen molar-refractivity contribution in [2.24, 2.45) is 17.8 Å². The van der Waals surface area contributed by atoms with Crippen molar-refractivity contribution in [3.63, 3.8) is 0 Å². The van der Waals surface area contributed by atoms with E-state index < -0.39 is 0 Å². The highest BCUT2D eigenvalue weighted by Gasteiger charge is 2.56. The molecular formula is C15H21ClN2O. The summed E-state index contributed by atoms with van der Waals surface area (Å²) in [7, 11) is 1.92. The number of hydrogen-bond acceptors (Lipinski definition) is 2. The van der Waals surface area contributed by atoms with Crippen LogP contribution in [-0.2, 0) is 11.3 Å². The maximum atomic E-state index is 12.2. The minimum atomic E-state index is 0. The van der Waals surface area contributed by atoms with Gasteiger partial charge in [0.15, 0.2) is 0 Å². The Bertz CT molecular complexity index is 453. The van der Waals surface area contributed by atoms with Gasteiger partial charge in [-0.1, -0.05) is 24.6 Å². The zero-order chi connectivity index (χ0) is 12.5. The van der Waals surface area contributed by atoms with Crippen LogP contribution < -0.4 is 10.6 Å². The predicted molar refractivity (Wildman–Crippen MR) is 79.4 cm³/mol. The van der Waals surface area contributed by atoms with Gasteiger partial charge >= 0.3 is 0 Å². The Kier molecular flexibility index (Phi) is 4.48. The van der Waals surface area contributed by atoms with Crippen LogP contribution in [0, 0.1) is 17.8 Å². The van der Waals surface area contributed by atoms with Gasteiger partial charge < -0.3 is 10.6 Å². The minimum absolute atomic E-state index is 0. The van der Waals surface area contributed by atoms with Gasteiger partial charge in [0.2, 0.25) is 5.91 Å². The molecule has 0 saturated heterocycles. The Morgan fingerprint density at radius 2 is 1.95 bits per heavy atom. The summed E-state index contributed by atoms with van der Waals surface area (Å²) in [6.45, 7) is 0.786. The fourth-order valence-electron chi connectivity index (χ4n) is 3.41. The molecule has 1 aromatic rings. The maximum Gasteiger partial charge on any atom is 0.228 e. The molecule has 2 aliphatic rings. The number of nitrogens with one attached hydrogen (secondary N) is 2. The highest BCUT2D eigenvalue weighted by Crippen LogP contribution is 2.57. The number of carbonyl (C=O) groups is 1. The standard InChI is InChI=1S/C15H20N2O.ClH/c1-16-9-10-5-2-3-8-13(10)17-15(18)14-11-6-4-7-12(11)14;/h2-3,5,8,11-12,14,16H,4,6-7,9H2,1H3,(H,17,18);1H. The smallest absolute Gasteiger partial charge is 0.228 e. The zero-order valence-corrected chi connectivity index (χ0v) is 12.0. The third-order valence-electron chi connectivity index (χ3n) is 4.35. The fourth-order valence-corrected chi connectivity index (χ4v) is 3.41. The SMILES string of the molecule is CNCc1ccccc1NC(=O)C1C2CCCC21.Cl. The van der Waals surface area contributed by atoms with Crippen LogP contribution in [0.5, 0.6) is 0 Å². The molecule has 0 radical (unpaired) electrons. The molecule has 0 bridgehead atoms. The number of anilines is 1. The first kappa shape index (κ1) is 14.4. The van der Waals surface area contributed by atoms with Crippen LogP contribution in [0.4, 0.5) is 5.69 Å². The molecule has 2 N–H and O–H groups in total. The summed E-state index contributed by atoms with van der Waals surface area (Å²) in [6, 6.07) is 8.03. The Hall–Kier alpha value is -1.06. The molecule has 0 heterocycles. The molecule has 19 heavy (non-hydrogen) atoms. The van der Waals surface area contributed by atoms with Gasteiger partial charge in [-0.25, -0.2) is 0 Å². The van der Waals surface area contributed by atoms with E-state index in [-0.39, 0.29) is 18.3 Å². The molecule has 1 aromatic carbocycles. The summed E-state index contributed by atoms with van der Waals surface area (Å²) in [5, 5.41) is 6.24. The predicted octanol–water partition coefficient (Wildman–Crippen LogP) is 2.81. The molecule has 104 valence electrons. The fraction of sp³-hybridized carbons (Fsp3) is 0.533. The van der Waals surface area contributed by atoms with Crippen LogP contribution >= 0.6 is 12.4 Å². The number of fused-ring (bicyclic) bond motifs is 1. The van der Waals surface area contributed by atoms with Gasteiger partial charge in [-0.05, 0) is 43.4 Å². The molecule has 0 aromatic heterocycles. The van der Waals surface area contributed by atoms with Crippen LogP contribution in [-0.4, -0.2) is 13.0 Å². The van der Waals surface area contributed by atoms with Crippen LogP contribution in [0.3, 0.4) is 0 Å². The largest absolute Gasteiger partial charge is 0.326 e. The van der Waals surface area contributed by atoms with E-state index in [9.17, 15) is 4.79 Å². The van der Waals surface area contributed by atoms with Gasteiger partial charge in [0.05, 0.1) is 0 Å². The lowest BCUT2D eigenvalue weighted by Gasteiger charge is -2.11. The van der Waals surface area contributed by atoms with Gasteiger partial charge in [-0.3, -0.25) is 4.79 Å². The minimum Gasteiger partial charge on any atom is -0.326 e. The lowest BCUT2D eigenvalue weighted by Crippen LogP contribution is -2.18. The highest BCUT2D eigenvalue weighted by molar-refractivity contribution is 5.95. The van der Waals surface area contributed by atoms with Gasteiger partial charge in [0.25, 0.3) is 0 Å². The van der Waals surface area contributed by atoms with Crippen molar-refractivity contribution in [3.05, 3.63) is 29.8 Å². The summed E-state index contributed by atoms with van der Waals surface area (Å²) in [5.74, 6) is 1.89. The molecule has 2 fully saturated rings. The molecular weight excluding hydrogens is 260 g/mol. The third-order valence-corrected chi connectivity index (χ3v) is 4.35. The molecule has 0 spiro atoms. The molecule has 3 nitrogen and oxygen atoms in total. The number of hydrogen-bond donors (Lipinski definition) is 2. The molecule has 0 aliphatic heterocycles. The van der Waals surface area contributed by atoms with Crippen LogP contribution in [0.15, 0.2) is 24.3 Å². The number of para-hydroxylation sites is 1. The average Bonchev–Trinajstić information content (AvgIpc) is 2.86. The van der Waals surface area contributed by atoms with Crippen LogP contribution in [0.1, 0.15) is 24.8 Å². The van der Waals surface area contributed by atoms with Crippen molar-refractivity contribution in [2.75, 3.05) is 12.4 Å². The van der Waals surface area contributed by atoms with E-state index in [1.165, 1.54) is 19.3 Å². The van der Waals surface area contributed by atoms with Crippen molar-refractivity contribution in [3.8, 4) is 0 Å². The summed E-state index contributed by atoms with van der Waals surface area (Å²) >= 11 is 0. The van der Waals surface area contributed by atoms with E-state index in [2.05, 4.69) is 16.7 Å². The summed E-state index contributed by atoms with van der Waals surface area (Å²) in [5.41, 5.74) is 2.11. The Labute approximate surface area is 120 Å². The topological polar surface area (TPSA) is 41.1 Å². The van der Waals surface area contributed by atoms with E-state index in [1.807, 2.05) is 25.2 Å². The van der Waals surface area contributed by atoms with Gasteiger partial charge in [-0.2, -0.15) is 0 Å². The highest BCUT2D eigenvalue weighted by atomic mass is 35.5. The number of benzene rings is 1. The summed E-state index contributed by atoms with van der Waals surface area (Å²) in [4.78, 5) is 12.2. The van der Waals surface area contributed by atoms with Crippen LogP contribution in [0.2, 0.25) is 0 Å². The summed E-state index contributed by atoms with van der Waals surface area (Å²) < 4.78 is 0. The summed E-state index contributed by atoms with van der Waals surface area (Å²) in [6.07, 6.45) is 3.82. The molecule has 4 heteroatoms. The zero-order valence-electron chi connectivity index (χ0n) is 11.2. The van der Waals surface area contributed by atoms with Crippen molar-refractivity contribution in [1.29, 1.82) is 0 Å². The molecule has 1 amide bonds. The maximum absolute atomic E-state index is 12.2. The van der Waals surface area contributed by atoms with Crippen molar-refractivity contribution < 1.29 is 4.79 Å². The monoisotopic (exact) mass is 280 g/mol. The Morgan fingerprint density at radius 1 is 1.26 bits per heavy atom. The number of halogens is 1. The second kappa shape index (κ2) is 5.93. The van der Waals surface area contributed by atoms with Gasteiger partial charge in [0, 0.05) is 18.2 Å². The quantitative estimate of drug-likeness (QED) is 0.890. The van der Waals surface area contributed by atoms with Gasteiger partial charge in [-0.15, -0.1) is 12.4 Å². The second-order valence-corrected chi connectivity index (χ2v) is 5.46. The Balaban J connectivity index is 0.00000133. The molecule has 3 rings (SSSR count).